The van der Waals surface area contributed by atoms with E-state index in [1.54, 1.807) is 18.2 Å². The van der Waals surface area contributed by atoms with Crippen LogP contribution in [0.1, 0.15) is 12.5 Å². The number of non-ortho nitro benzene ring substituents is 1. The molecule has 0 saturated heterocycles. The van der Waals surface area contributed by atoms with Gasteiger partial charge in [0.25, 0.3) is 5.69 Å². The lowest BCUT2D eigenvalue weighted by Gasteiger charge is -2.13. The van der Waals surface area contributed by atoms with Crippen molar-refractivity contribution in [2.24, 2.45) is 0 Å². The molecular weight excluding hydrogens is 292 g/mol. The van der Waals surface area contributed by atoms with Crippen LogP contribution in [-0.4, -0.2) is 11.5 Å². The quantitative estimate of drug-likeness (QED) is 0.643. The Morgan fingerprint density at radius 1 is 1.24 bits per heavy atom. The fourth-order valence-electron chi connectivity index (χ4n) is 1.82. The lowest BCUT2D eigenvalue weighted by atomic mass is 10.2. The van der Waals surface area contributed by atoms with Crippen molar-refractivity contribution in [2.45, 2.75) is 13.5 Å². The minimum atomic E-state index is -0.449. The second-order valence-corrected chi connectivity index (χ2v) is 4.77. The maximum Gasteiger partial charge on any atom is 0.269 e. The van der Waals surface area contributed by atoms with Crippen molar-refractivity contribution < 1.29 is 9.66 Å². The van der Waals surface area contributed by atoms with E-state index in [1.165, 1.54) is 12.1 Å². The maximum atomic E-state index is 10.6. The van der Waals surface area contributed by atoms with Gasteiger partial charge in [0.2, 0.25) is 0 Å². The minimum absolute atomic E-state index is 0.0226. The van der Waals surface area contributed by atoms with Crippen LogP contribution in [0.15, 0.2) is 42.5 Å². The molecule has 0 aliphatic heterocycles. The molecule has 2 rings (SSSR count). The van der Waals surface area contributed by atoms with Crippen LogP contribution < -0.4 is 10.1 Å². The highest BCUT2D eigenvalue weighted by molar-refractivity contribution is 6.32. The van der Waals surface area contributed by atoms with Gasteiger partial charge in [-0.1, -0.05) is 30.7 Å². The summed E-state index contributed by atoms with van der Waals surface area (Å²) in [4.78, 5) is 10.2. The summed E-state index contributed by atoms with van der Waals surface area (Å²) >= 11 is 6.18. The molecule has 6 heteroatoms. The number of benzene rings is 2. The highest BCUT2D eigenvalue weighted by atomic mass is 35.5. The Morgan fingerprint density at radius 2 is 1.95 bits per heavy atom. The number of nitro benzene ring substituents is 1. The summed E-state index contributed by atoms with van der Waals surface area (Å²) in [5.41, 5.74) is 0.956. The van der Waals surface area contributed by atoms with Crippen molar-refractivity contribution in [3.05, 3.63) is 63.2 Å². The second kappa shape index (κ2) is 7.06. The molecule has 0 unspecified atom stereocenters. The number of hydrogen-bond donors (Lipinski definition) is 1. The Morgan fingerprint density at radius 3 is 2.57 bits per heavy atom. The fraction of sp³-hybridized carbons (Fsp3) is 0.200. The molecule has 1 N–H and O–H groups in total. The molecule has 0 aliphatic rings. The fourth-order valence-corrected chi connectivity index (χ4v) is 2.05. The molecule has 0 fully saturated rings. The summed E-state index contributed by atoms with van der Waals surface area (Å²) < 4.78 is 5.78. The van der Waals surface area contributed by atoms with E-state index in [-0.39, 0.29) is 5.69 Å². The first-order chi connectivity index (χ1) is 10.1. The molecule has 110 valence electrons. The largest absolute Gasteiger partial charge is 0.455 e. The lowest BCUT2D eigenvalue weighted by Crippen LogP contribution is -2.12. The summed E-state index contributed by atoms with van der Waals surface area (Å²) in [6.45, 7) is 3.49. The number of hydrogen-bond acceptors (Lipinski definition) is 4. The van der Waals surface area contributed by atoms with Crippen LogP contribution in [0.2, 0.25) is 5.02 Å². The van der Waals surface area contributed by atoms with Crippen LogP contribution in [0.3, 0.4) is 0 Å². The topological polar surface area (TPSA) is 64.4 Å². The Bertz CT molecular complexity index is 629. The van der Waals surface area contributed by atoms with Gasteiger partial charge in [-0.3, -0.25) is 10.1 Å². The van der Waals surface area contributed by atoms with Crippen LogP contribution >= 0.6 is 11.6 Å². The summed E-state index contributed by atoms with van der Waals surface area (Å²) in [6, 6.07) is 11.4. The molecule has 0 amide bonds. The minimum Gasteiger partial charge on any atom is -0.455 e. The summed E-state index contributed by atoms with van der Waals surface area (Å²) in [7, 11) is 0. The van der Waals surface area contributed by atoms with E-state index in [2.05, 4.69) is 5.32 Å². The van der Waals surface area contributed by atoms with Crippen LogP contribution in [0.4, 0.5) is 5.69 Å². The number of rotatable bonds is 6. The van der Waals surface area contributed by atoms with Gasteiger partial charge in [0.05, 0.1) is 9.95 Å². The molecule has 0 heterocycles. The third kappa shape index (κ3) is 3.93. The predicted molar refractivity (Wildman–Crippen MR) is 82.0 cm³/mol. The van der Waals surface area contributed by atoms with Crippen LogP contribution in [-0.2, 0) is 6.54 Å². The van der Waals surface area contributed by atoms with Crippen LogP contribution in [0.25, 0.3) is 0 Å². The maximum absolute atomic E-state index is 10.6. The Kier molecular flexibility index (Phi) is 5.14. The van der Waals surface area contributed by atoms with Crippen LogP contribution in [0, 0.1) is 10.1 Å². The standard InChI is InChI=1S/C15H15ClN2O3/c1-2-17-10-11-4-3-5-14(16)15(11)21-13-8-6-12(7-9-13)18(19)20/h3-9,17H,2,10H2,1H3. The van der Waals surface area contributed by atoms with Crippen LogP contribution in [0.5, 0.6) is 11.5 Å². The zero-order valence-electron chi connectivity index (χ0n) is 11.5. The van der Waals surface area contributed by atoms with Crippen molar-refractivity contribution in [1.29, 1.82) is 0 Å². The summed E-state index contributed by atoms with van der Waals surface area (Å²) in [5.74, 6) is 1.07. The first-order valence-corrected chi connectivity index (χ1v) is 6.90. The number of halogens is 1. The molecule has 2 aromatic carbocycles. The number of nitro groups is 1. The highest BCUT2D eigenvalue weighted by Crippen LogP contribution is 2.33. The van der Waals surface area contributed by atoms with Gasteiger partial charge in [-0.2, -0.15) is 0 Å². The predicted octanol–water partition coefficient (Wildman–Crippen LogP) is 4.15. The second-order valence-electron chi connectivity index (χ2n) is 4.36. The molecule has 0 bridgehead atoms. The van der Waals surface area contributed by atoms with Crippen molar-refractivity contribution in [2.75, 3.05) is 6.54 Å². The van der Waals surface area contributed by atoms with Gasteiger partial charge < -0.3 is 10.1 Å². The first kappa shape index (κ1) is 15.3. The number of para-hydroxylation sites is 1. The first-order valence-electron chi connectivity index (χ1n) is 6.52. The van der Waals surface area contributed by atoms with E-state index in [4.69, 9.17) is 16.3 Å². The van der Waals surface area contributed by atoms with E-state index in [0.29, 0.717) is 23.1 Å². The molecule has 0 aromatic heterocycles. The van der Waals surface area contributed by atoms with Gasteiger partial charge in [0.15, 0.2) is 0 Å². The summed E-state index contributed by atoms with van der Waals surface area (Å²) in [5, 5.41) is 14.3. The smallest absolute Gasteiger partial charge is 0.269 e. The monoisotopic (exact) mass is 306 g/mol. The van der Waals surface area contributed by atoms with Gasteiger partial charge in [0, 0.05) is 24.2 Å². The molecule has 2 aromatic rings. The van der Waals surface area contributed by atoms with E-state index < -0.39 is 4.92 Å². The Hall–Kier alpha value is -2.11. The molecular formula is C15H15ClN2O3. The Labute approximate surface area is 127 Å². The zero-order valence-corrected chi connectivity index (χ0v) is 12.3. The molecule has 0 radical (unpaired) electrons. The third-order valence-electron chi connectivity index (χ3n) is 2.88. The molecule has 0 aliphatic carbocycles. The van der Waals surface area contributed by atoms with E-state index >= 15 is 0 Å². The average Bonchev–Trinajstić information content (AvgIpc) is 2.48. The zero-order chi connectivity index (χ0) is 15.2. The number of ether oxygens (including phenoxy) is 1. The molecule has 0 spiro atoms. The van der Waals surface area contributed by atoms with Crippen molar-refractivity contribution >= 4 is 17.3 Å². The average molecular weight is 307 g/mol. The van der Waals surface area contributed by atoms with Crippen molar-refractivity contribution in [3.8, 4) is 11.5 Å². The molecule has 0 atom stereocenters. The molecule has 21 heavy (non-hydrogen) atoms. The number of nitrogens with zero attached hydrogens (tertiary/aromatic N) is 1. The normalized spacial score (nSPS) is 10.4. The molecule has 0 saturated carbocycles. The SMILES string of the molecule is CCNCc1cccc(Cl)c1Oc1ccc([N+](=O)[O-])cc1. The van der Waals surface area contributed by atoms with Gasteiger partial charge in [-0.05, 0) is 24.7 Å². The third-order valence-corrected chi connectivity index (χ3v) is 3.18. The molecule has 5 nitrogen and oxygen atoms in total. The highest BCUT2D eigenvalue weighted by Gasteiger charge is 2.11. The van der Waals surface area contributed by atoms with E-state index in [9.17, 15) is 10.1 Å². The Balaban J connectivity index is 2.23. The number of nitrogens with one attached hydrogen (secondary N) is 1. The van der Waals surface area contributed by atoms with Gasteiger partial charge in [-0.25, -0.2) is 0 Å². The summed E-state index contributed by atoms with van der Waals surface area (Å²) in [6.07, 6.45) is 0. The van der Waals surface area contributed by atoms with E-state index in [0.717, 1.165) is 12.1 Å². The van der Waals surface area contributed by atoms with Crippen molar-refractivity contribution in [1.82, 2.24) is 5.32 Å². The lowest BCUT2D eigenvalue weighted by molar-refractivity contribution is -0.384. The van der Waals surface area contributed by atoms with E-state index in [1.807, 2.05) is 19.1 Å². The van der Waals surface area contributed by atoms with Gasteiger partial charge in [-0.15, -0.1) is 0 Å². The van der Waals surface area contributed by atoms with Gasteiger partial charge in [0.1, 0.15) is 11.5 Å². The van der Waals surface area contributed by atoms with Crippen molar-refractivity contribution in [3.63, 3.8) is 0 Å². The van der Waals surface area contributed by atoms with Gasteiger partial charge >= 0.3 is 0 Å².